The lowest BCUT2D eigenvalue weighted by Gasteiger charge is -2.25. The van der Waals surface area contributed by atoms with Gasteiger partial charge in [0.15, 0.2) is 11.5 Å². The van der Waals surface area contributed by atoms with E-state index in [4.69, 9.17) is 0 Å². The molecule has 0 aromatic carbocycles. The van der Waals surface area contributed by atoms with Gasteiger partial charge < -0.3 is 4.90 Å². The van der Waals surface area contributed by atoms with Crippen LogP contribution in [0, 0.1) is 0 Å². The molecule has 3 aromatic rings. The summed E-state index contributed by atoms with van der Waals surface area (Å²) in [6.45, 7) is 2.18. The molecule has 0 amide bonds. The smallest absolute Gasteiger partial charge is 0.200 e. The van der Waals surface area contributed by atoms with Crippen molar-refractivity contribution in [2.24, 2.45) is 0 Å². The fraction of sp³-hybridized carbons (Fsp3) is 0.333. The van der Waals surface area contributed by atoms with Gasteiger partial charge in [-0.25, -0.2) is 0 Å². The van der Waals surface area contributed by atoms with Crippen LogP contribution in [0.2, 0.25) is 0 Å². The van der Waals surface area contributed by atoms with E-state index in [1.54, 1.807) is 11.3 Å². The van der Waals surface area contributed by atoms with Gasteiger partial charge in [-0.15, -0.1) is 14.8 Å². The van der Waals surface area contributed by atoms with Crippen LogP contribution in [-0.2, 0) is 6.42 Å². The summed E-state index contributed by atoms with van der Waals surface area (Å²) in [5.41, 5.74) is 2.01. The number of hydrogen-bond acceptors (Lipinski definition) is 6. The van der Waals surface area contributed by atoms with Crippen LogP contribution >= 0.6 is 11.3 Å². The normalized spacial score (nSPS) is 12.7. The molecule has 0 saturated heterocycles. The van der Waals surface area contributed by atoms with Gasteiger partial charge in [0, 0.05) is 13.1 Å². The molecule has 0 aliphatic heterocycles. The van der Waals surface area contributed by atoms with Crippen LogP contribution in [0.25, 0.3) is 5.65 Å². The Morgan fingerprint density at radius 1 is 1.37 bits per heavy atom. The fourth-order valence-electron chi connectivity index (χ4n) is 1.94. The van der Waals surface area contributed by atoms with E-state index in [2.05, 4.69) is 49.3 Å². The Balaban J connectivity index is 1.79. The minimum Gasteiger partial charge on any atom is -0.355 e. The molecule has 0 aliphatic rings. The molecule has 0 spiro atoms. The summed E-state index contributed by atoms with van der Waals surface area (Å²) in [7, 11) is 2.04. The highest BCUT2D eigenvalue weighted by Gasteiger charge is 2.13. The second kappa shape index (κ2) is 4.93. The Bertz CT molecular complexity index is 662. The van der Waals surface area contributed by atoms with Gasteiger partial charge in [0.25, 0.3) is 0 Å². The number of tetrazole rings is 1. The van der Waals surface area contributed by atoms with Crippen molar-refractivity contribution in [3.8, 4) is 0 Å². The molecule has 0 radical (unpaired) electrons. The van der Waals surface area contributed by atoms with Crippen LogP contribution < -0.4 is 4.90 Å². The van der Waals surface area contributed by atoms with Gasteiger partial charge in [-0.05, 0) is 58.3 Å². The number of fused-ring (bicyclic) bond motifs is 1. The van der Waals surface area contributed by atoms with Gasteiger partial charge in [0.05, 0.1) is 0 Å². The van der Waals surface area contributed by atoms with Crippen molar-refractivity contribution in [1.29, 1.82) is 0 Å². The number of hydrogen-bond donors (Lipinski definition) is 0. The van der Waals surface area contributed by atoms with Crippen molar-refractivity contribution in [2.75, 3.05) is 11.9 Å². The summed E-state index contributed by atoms with van der Waals surface area (Å²) < 4.78 is 1.45. The van der Waals surface area contributed by atoms with Gasteiger partial charge in [-0.3, -0.25) is 0 Å². The van der Waals surface area contributed by atoms with Crippen LogP contribution in [0.5, 0.6) is 0 Å². The van der Waals surface area contributed by atoms with E-state index in [1.165, 1.54) is 10.2 Å². The summed E-state index contributed by atoms with van der Waals surface area (Å²) in [6.07, 6.45) is 0.995. The summed E-state index contributed by atoms with van der Waals surface area (Å²) in [6, 6.07) is 6.33. The summed E-state index contributed by atoms with van der Waals surface area (Å²) in [4.78, 5) is 2.14. The van der Waals surface area contributed by atoms with Crippen LogP contribution in [0.4, 0.5) is 5.82 Å². The lowest BCUT2D eigenvalue weighted by Crippen LogP contribution is -2.31. The van der Waals surface area contributed by atoms with E-state index in [1.807, 2.05) is 19.2 Å². The second-order valence-corrected chi connectivity index (χ2v) is 5.29. The Morgan fingerprint density at radius 3 is 3.05 bits per heavy atom. The standard InChI is InChI=1S/C12H14N6S/c1-9(7-10-5-6-19-8-10)17(2)12-4-3-11-13-15-16-18(11)14-12/h3-6,8-9H,7H2,1-2H3/t9-/m1/s1. The lowest BCUT2D eigenvalue weighted by atomic mass is 10.1. The second-order valence-electron chi connectivity index (χ2n) is 4.51. The van der Waals surface area contributed by atoms with Gasteiger partial charge in [-0.1, -0.05) is 0 Å². The predicted octanol–water partition coefficient (Wildman–Crippen LogP) is 1.65. The number of anilines is 1. The zero-order valence-electron chi connectivity index (χ0n) is 10.8. The maximum Gasteiger partial charge on any atom is 0.200 e. The lowest BCUT2D eigenvalue weighted by molar-refractivity contribution is 0.653. The number of rotatable bonds is 4. The molecule has 3 heterocycles. The predicted molar refractivity (Wildman–Crippen MR) is 74.5 cm³/mol. The van der Waals surface area contributed by atoms with Crippen LogP contribution in [0.15, 0.2) is 29.0 Å². The van der Waals surface area contributed by atoms with E-state index in [9.17, 15) is 0 Å². The maximum absolute atomic E-state index is 4.39. The minimum absolute atomic E-state index is 0.357. The molecule has 0 saturated carbocycles. The highest BCUT2D eigenvalue weighted by Crippen LogP contribution is 2.16. The number of thiophene rings is 1. The fourth-order valence-corrected chi connectivity index (χ4v) is 2.62. The van der Waals surface area contributed by atoms with Crippen LogP contribution in [-0.4, -0.2) is 38.3 Å². The molecule has 3 aromatic heterocycles. The monoisotopic (exact) mass is 274 g/mol. The number of likely N-dealkylation sites (N-methyl/N-ethyl adjacent to an activating group) is 1. The first-order valence-corrected chi connectivity index (χ1v) is 6.97. The molecule has 0 bridgehead atoms. The van der Waals surface area contributed by atoms with E-state index >= 15 is 0 Å². The van der Waals surface area contributed by atoms with Crippen molar-refractivity contribution < 1.29 is 0 Å². The van der Waals surface area contributed by atoms with Crippen LogP contribution in [0.3, 0.4) is 0 Å². The minimum atomic E-state index is 0.357. The zero-order chi connectivity index (χ0) is 13.2. The molecule has 0 N–H and O–H groups in total. The first kappa shape index (κ1) is 12.0. The van der Waals surface area contributed by atoms with Gasteiger partial charge in [-0.2, -0.15) is 11.3 Å². The molecule has 7 heteroatoms. The molecule has 0 unspecified atom stereocenters. The number of nitrogens with zero attached hydrogens (tertiary/aromatic N) is 6. The average molecular weight is 274 g/mol. The first-order valence-electron chi connectivity index (χ1n) is 6.03. The summed E-state index contributed by atoms with van der Waals surface area (Å²) in [5.74, 6) is 0.863. The largest absolute Gasteiger partial charge is 0.355 e. The van der Waals surface area contributed by atoms with Gasteiger partial charge in [0.1, 0.15) is 0 Å². The third-order valence-corrected chi connectivity index (χ3v) is 3.92. The maximum atomic E-state index is 4.39. The quantitative estimate of drug-likeness (QED) is 0.724. The van der Waals surface area contributed by atoms with E-state index < -0.39 is 0 Å². The topological polar surface area (TPSA) is 59.2 Å². The number of aromatic nitrogens is 5. The van der Waals surface area contributed by atoms with E-state index in [0.29, 0.717) is 11.7 Å². The molecule has 6 nitrogen and oxygen atoms in total. The molecule has 0 fully saturated rings. The highest BCUT2D eigenvalue weighted by molar-refractivity contribution is 7.07. The SMILES string of the molecule is C[C@H](Cc1ccsc1)N(C)c1ccc2nnnn2n1. The molecule has 3 rings (SSSR count). The van der Waals surface area contributed by atoms with E-state index in [0.717, 1.165) is 12.2 Å². The van der Waals surface area contributed by atoms with Crippen molar-refractivity contribution in [3.63, 3.8) is 0 Å². The Hall–Kier alpha value is -2.02. The van der Waals surface area contributed by atoms with E-state index in [-0.39, 0.29) is 0 Å². The summed E-state index contributed by atoms with van der Waals surface area (Å²) >= 11 is 1.73. The highest BCUT2D eigenvalue weighted by atomic mass is 32.1. The Kier molecular flexibility index (Phi) is 3.12. The van der Waals surface area contributed by atoms with Crippen molar-refractivity contribution in [1.82, 2.24) is 25.3 Å². The Labute approximate surface area is 114 Å². The molecule has 1 atom stereocenters. The Morgan fingerprint density at radius 2 is 2.26 bits per heavy atom. The van der Waals surface area contributed by atoms with Crippen molar-refractivity contribution in [2.45, 2.75) is 19.4 Å². The molecule has 19 heavy (non-hydrogen) atoms. The third kappa shape index (κ3) is 2.41. The molecular formula is C12H14N6S. The average Bonchev–Trinajstić information content (AvgIpc) is 3.07. The van der Waals surface area contributed by atoms with Crippen LogP contribution in [0.1, 0.15) is 12.5 Å². The summed E-state index contributed by atoms with van der Waals surface area (Å²) in [5, 5.41) is 19.9. The third-order valence-electron chi connectivity index (χ3n) is 3.19. The molecule has 0 aliphatic carbocycles. The molecule has 98 valence electrons. The zero-order valence-corrected chi connectivity index (χ0v) is 11.6. The van der Waals surface area contributed by atoms with Gasteiger partial charge in [0.2, 0.25) is 0 Å². The van der Waals surface area contributed by atoms with Crippen molar-refractivity contribution in [3.05, 3.63) is 34.5 Å². The first-order chi connectivity index (χ1) is 9.24. The van der Waals surface area contributed by atoms with Crippen molar-refractivity contribution >= 4 is 22.8 Å². The molecular weight excluding hydrogens is 260 g/mol. The van der Waals surface area contributed by atoms with Gasteiger partial charge >= 0.3 is 0 Å².